The van der Waals surface area contributed by atoms with Gasteiger partial charge in [-0.1, -0.05) is 11.8 Å². The molecule has 0 bridgehead atoms. The maximum absolute atomic E-state index is 10.6. The van der Waals surface area contributed by atoms with Gasteiger partial charge >= 0.3 is 5.97 Å². The van der Waals surface area contributed by atoms with Crippen LogP contribution in [0.5, 0.6) is 0 Å². The molecule has 2 heterocycles. The molecular weight excluding hydrogens is 270 g/mol. The second-order valence-electron chi connectivity index (χ2n) is 3.78. The third-order valence-electron chi connectivity index (χ3n) is 2.37. The largest absolute Gasteiger partial charge is 0.481 e. The molecule has 0 saturated heterocycles. The van der Waals surface area contributed by atoms with Crippen molar-refractivity contribution in [2.24, 2.45) is 0 Å². The summed E-state index contributed by atoms with van der Waals surface area (Å²) in [5.41, 5.74) is 0. The fourth-order valence-electron chi connectivity index (χ4n) is 1.52. The molecule has 1 N–H and O–H groups in total. The molecule has 5 nitrogen and oxygen atoms in total. The Morgan fingerprint density at radius 3 is 3.00 bits per heavy atom. The molecule has 1 unspecified atom stereocenters. The molecule has 0 amide bonds. The number of aromatic nitrogens is 3. The number of aryl methyl sites for hydroxylation is 1. The summed E-state index contributed by atoms with van der Waals surface area (Å²) in [6, 6.07) is 0.0718. The molecule has 0 aliphatic heterocycles. The number of rotatable bonds is 5. The highest BCUT2D eigenvalue weighted by atomic mass is 32.2. The topological polar surface area (TPSA) is 68.0 Å². The van der Waals surface area contributed by atoms with Gasteiger partial charge in [0.05, 0.1) is 11.8 Å². The number of imidazole rings is 1. The molecule has 0 fully saturated rings. The fourth-order valence-corrected chi connectivity index (χ4v) is 3.10. The molecule has 1 atom stereocenters. The predicted molar refractivity (Wildman–Crippen MR) is 71.3 cm³/mol. The molecule has 0 radical (unpaired) electrons. The van der Waals surface area contributed by atoms with Crippen molar-refractivity contribution in [3.8, 4) is 0 Å². The first kappa shape index (κ1) is 13.1. The average Bonchev–Trinajstić information content (AvgIpc) is 2.93. The maximum Gasteiger partial charge on any atom is 0.313 e. The Hall–Kier alpha value is -1.34. The van der Waals surface area contributed by atoms with Crippen molar-refractivity contribution >= 4 is 29.1 Å². The van der Waals surface area contributed by atoms with E-state index < -0.39 is 5.97 Å². The van der Waals surface area contributed by atoms with Crippen molar-refractivity contribution in [3.63, 3.8) is 0 Å². The summed E-state index contributed by atoms with van der Waals surface area (Å²) in [4.78, 5) is 20.3. The molecule has 7 heteroatoms. The van der Waals surface area contributed by atoms with Crippen LogP contribution in [0.15, 0.2) is 23.7 Å². The zero-order valence-corrected chi connectivity index (χ0v) is 11.7. The zero-order chi connectivity index (χ0) is 13.1. The maximum atomic E-state index is 10.6. The Kier molecular flexibility index (Phi) is 4.03. The van der Waals surface area contributed by atoms with Crippen molar-refractivity contribution in [3.05, 3.63) is 28.5 Å². The number of carbonyl (C=O) groups is 1. The van der Waals surface area contributed by atoms with Crippen molar-refractivity contribution in [1.29, 1.82) is 0 Å². The van der Waals surface area contributed by atoms with Gasteiger partial charge in [-0.3, -0.25) is 4.79 Å². The minimum absolute atomic E-state index is 0.0145. The number of carboxylic acid groups (broad SMARTS) is 1. The summed E-state index contributed by atoms with van der Waals surface area (Å²) >= 11 is 2.86. The van der Waals surface area contributed by atoms with Gasteiger partial charge in [0, 0.05) is 23.5 Å². The molecule has 96 valence electrons. The number of thiazole rings is 1. The number of aliphatic carboxylic acids is 1. The van der Waals surface area contributed by atoms with Gasteiger partial charge in [-0.25, -0.2) is 9.97 Å². The minimum atomic E-state index is -0.840. The van der Waals surface area contributed by atoms with Gasteiger partial charge in [0.1, 0.15) is 5.01 Å². The van der Waals surface area contributed by atoms with Crippen LogP contribution in [-0.2, 0) is 4.79 Å². The summed E-state index contributed by atoms with van der Waals surface area (Å²) in [5.74, 6) is -0.826. The van der Waals surface area contributed by atoms with Crippen LogP contribution < -0.4 is 0 Å². The molecule has 0 spiro atoms. The summed E-state index contributed by atoms with van der Waals surface area (Å²) in [6.45, 7) is 4.05. The Labute approximate surface area is 113 Å². The first-order valence-corrected chi connectivity index (χ1v) is 7.18. The van der Waals surface area contributed by atoms with Crippen LogP contribution in [0, 0.1) is 6.92 Å². The lowest BCUT2D eigenvalue weighted by atomic mass is 10.3. The summed E-state index contributed by atoms with van der Waals surface area (Å²) < 4.78 is 1.95. The van der Waals surface area contributed by atoms with E-state index in [1.807, 2.05) is 30.8 Å². The van der Waals surface area contributed by atoms with Crippen molar-refractivity contribution in [1.82, 2.24) is 14.5 Å². The third-order valence-corrected chi connectivity index (χ3v) is 4.42. The van der Waals surface area contributed by atoms with E-state index in [1.165, 1.54) is 11.8 Å². The van der Waals surface area contributed by atoms with Crippen molar-refractivity contribution in [2.75, 3.05) is 5.75 Å². The lowest BCUT2D eigenvalue weighted by Crippen LogP contribution is -2.08. The third kappa shape index (κ3) is 2.91. The highest BCUT2D eigenvalue weighted by Gasteiger charge is 2.15. The van der Waals surface area contributed by atoms with Gasteiger partial charge in [-0.15, -0.1) is 11.3 Å². The fraction of sp³-hybridized carbons (Fsp3) is 0.364. The van der Waals surface area contributed by atoms with E-state index in [-0.39, 0.29) is 11.8 Å². The second kappa shape index (κ2) is 5.53. The second-order valence-corrected chi connectivity index (χ2v) is 5.99. The van der Waals surface area contributed by atoms with Crippen LogP contribution in [0.2, 0.25) is 0 Å². The Morgan fingerprint density at radius 1 is 1.61 bits per heavy atom. The molecule has 2 aromatic rings. The number of hydrogen-bond donors (Lipinski definition) is 1. The van der Waals surface area contributed by atoms with Crippen LogP contribution in [0.4, 0.5) is 0 Å². The molecule has 2 rings (SSSR count). The van der Waals surface area contributed by atoms with E-state index in [1.54, 1.807) is 17.5 Å². The lowest BCUT2D eigenvalue weighted by molar-refractivity contribution is -0.133. The van der Waals surface area contributed by atoms with E-state index >= 15 is 0 Å². The van der Waals surface area contributed by atoms with Gasteiger partial charge in [0.15, 0.2) is 5.16 Å². The predicted octanol–water partition coefficient (Wildman–Crippen LogP) is 2.43. The zero-order valence-electron chi connectivity index (χ0n) is 10.0. The van der Waals surface area contributed by atoms with Gasteiger partial charge < -0.3 is 9.67 Å². The highest BCUT2D eigenvalue weighted by Crippen LogP contribution is 2.27. The highest BCUT2D eigenvalue weighted by molar-refractivity contribution is 7.99. The van der Waals surface area contributed by atoms with Crippen LogP contribution in [0.3, 0.4) is 0 Å². The van der Waals surface area contributed by atoms with E-state index in [0.717, 1.165) is 9.88 Å². The van der Waals surface area contributed by atoms with Crippen LogP contribution in [0.1, 0.15) is 22.9 Å². The number of carboxylic acids is 1. The molecule has 2 aromatic heterocycles. The Morgan fingerprint density at radius 2 is 2.39 bits per heavy atom. The van der Waals surface area contributed by atoms with Crippen LogP contribution in [0.25, 0.3) is 0 Å². The standard InChI is InChI=1S/C11H13N3O2S2/c1-7-5-13-10(18-7)8(2)14-4-3-12-11(14)17-6-9(15)16/h3-5,8H,6H2,1-2H3,(H,15,16). The van der Waals surface area contributed by atoms with E-state index in [9.17, 15) is 4.79 Å². The first-order valence-electron chi connectivity index (χ1n) is 5.37. The smallest absolute Gasteiger partial charge is 0.313 e. The molecule has 18 heavy (non-hydrogen) atoms. The van der Waals surface area contributed by atoms with Gasteiger partial charge in [-0.2, -0.15) is 0 Å². The van der Waals surface area contributed by atoms with E-state index in [4.69, 9.17) is 5.11 Å². The Balaban J connectivity index is 2.17. The van der Waals surface area contributed by atoms with Crippen LogP contribution in [-0.4, -0.2) is 31.4 Å². The Bertz CT molecular complexity index is 550. The lowest BCUT2D eigenvalue weighted by Gasteiger charge is -2.13. The first-order chi connectivity index (χ1) is 8.58. The van der Waals surface area contributed by atoms with Gasteiger partial charge in [0.25, 0.3) is 0 Å². The molecule has 0 aliphatic rings. The van der Waals surface area contributed by atoms with Gasteiger partial charge in [0.2, 0.25) is 0 Å². The average molecular weight is 283 g/mol. The molecule has 0 saturated carbocycles. The van der Waals surface area contributed by atoms with E-state index in [2.05, 4.69) is 9.97 Å². The monoisotopic (exact) mass is 283 g/mol. The molecule has 0 aromatic carbocycles. The number of thioether (sulfide) groups is 1. The summed E-state index contributed by atoms with van der Waals surface area (Å²) in [5, 5.41) is 10.4. The molecule has 0 aliphatic carbocycles. The normalized spacial score (nSPS) is 12.6. The number of hydrogen-bond acceptors (Lipinski definition) is 5. The minimum Gasteiger partial charge on any atom is -0.481 e. The SMILES string of the molecule is Cc1cnc(C(C)n2ccnc2SCC(=O)O)s1. The molecular formula is C11H13N3O2S2. The van der Waals surface area contributed by atoms with E-state index in [0.29, 0.717) is 5.16 Å². The van der Waals surface area contributed by atoms with Crippen LogP contribution >= 0.6 is 23.1 Å². The summed E-state index contributed by atoms with van der Waals surface area (Å²) in [7, 11) is 0. The number of nitrogens with zero attached hydrogens (tertiary/aromatic N) is 3. The quantitative estimate of drug-likeness (QED) is 0.854. The summed E-state index contributed by atoms with van der Waals surface area (Å²) in [6.07, 6.45) is 5.38. The van der Waals surface area contributed by atoms with Crippen molar-refractivity contribution < 1.29 is 9.90 Å². The van der Waals surface area contributed by atoms with Crippen molar-refractivity contribution in [2.45, 2.75) is 25.0 Å². The van der Waals surface area contributed by atoms with Gasteiger partial charge in [-0.05, 0) is 13.8 Å².